The van der Waals surface area contributed by atoms with Gasteiger partial charge in [0.25, 0.3) is 0 Å². The Morgan fingerprint density at radius 3 is 2.03 bits per heavy atom. The first-order valence-electron chi connectivity index (χ1n) is 11.2. The van der Waals surface area contributed by atoms with E-state index >= 15 is 0 Å². The number of hydrogen-bond donors (Lipinski definition) is 0. The molecule has 2 aliphatic rings. The van der Waals surface area contributed by atoms with Crippen LogP contribution in [0.3, 0.4) is 0 Å². The smallest absolute Gasteiger partial charge is 0.187 e. The minimum atomic E-state index is -0.295. The summed E-state index contributed by atoms with van der Waals surface area (Å²) in [5, 5.41) is 2.64. The molecule has 3 aromatic rings. The molecule has 0 aliphatic heterocycles. The maximum Gasteiger partial charge on any atom is 0.187 e. The molecule has 0 saturated carbocycles. The van der Waals surface area contributed by atoms with E-state index in [1.165, 1.54) is 33.3 Å². The molecule has 0 unspecified atom stereocenters. The number of fused-ring (bicyclic) bond motifs is 3. The highest BCUT2D eigenvalue weighted by Gasteiger charge is 2.42. The van der Waals surface area contributed by atoms with Gasteiger partial charge in [0.15, 0.2) is 5.78 Å². The summed E-state index contributed by atoms with van der Waals surface area (Å²) in [5.41, 5.74) is 7.83. The molecule has 5 rings (SSSR count). The molecule has 0 radical (unpaired) electrons. The topological polar surface area (TPSA) is 26.8 Å². The summed E-state index contributed by atoms with van der Waals surface area (Å²) in [7, 11) is 12.5. The van der Waals surface area contributed by atoms with Gasteiger partial charge in [0.1, 0.15) is 0 Å². The zero-order valence-electron chi connectivity index (χ0n) is 19.9. The Morgan fingerprint density at radius 1 is 0.719 bits per heavy atom. The van der Waals surface area contributed by atoms with E-state index in [9.17, 15) is 4.79 Å². The fraction of sp³-hybridized carbons (Fsp3) is 0.321. The first-order chi connectivity index (χ1) is 15.3. The fourth-order valence-corrected chi connectivity index (χ4v) is 5.71. The average molecular weight is 426 g/mol. The van der Waals surface area contributed by atoms with E-state index in [0.29, 0.717) is 0 Å². The maximum atomic E-state index is 13.1. The second-order valence-corrected chi connectivity index (χ2v) is 9.68. The zero-order chi connectivity index (χ0) is 22.8. The van der Waals surface area contributed by atoms with Gasteiger partial charge in [-0.05, 0) is 59.2 Å². The van der Waals surface area contributed by atoms with Crippen molar-refractivity contribution in [1.29, 1.82) is 0 Å². The van der Waals surface area contributed by atoms with Crippen molar-refractivity contribution in [3.05, 3.63) is 76.9 Å². The summed E-state index contributed by atoms with van der Waals surface area (Å²) in [6.45, 7) is 0. The van der Waals surface area contributed by atoms with E-state index < -0.39 is 0 Å². The Hall–Kier alpha value is -3.27. The van der Waals surface area contributed by atoms with Crippen LogP contribution in [-0.2, 0) is 11.8 Å². The van der Waals surface area contributed by atoms with Gasteiger partial charge >= 0.3 is 0 Å². The summed E-state index contributed by atoms with van der Waals surface area (Å²) >= 11 is 0. The summed E-state index contributed by atoms with van der Waals surface area (Å²) in [4.78, 5) is 19.5. The number of ketones is 1. The SMILES string of the molecule is CN(C)c1cccc2c1C(=O)C=C[C@]21CCc2ccc(N(C)C)c3c(N(C)C)ccc1c23. The van der Waals surface area contributed by atoms with Crippen LogP contribution in [0.2, 0.25) is 0 Å². The molecule has 164 valence electrons. The molecule has 0 fully saturated rings. The van der Waals surface area contributed by atoms with Crippen LogP contribution in [0.25, 0.3) is 10.8 Å². The Labute approximate surface area is 190 Å². The van der Waals surface area contributed by atoms with Gasteiger partial charge in [-0.25, -0.2) is 0 Å². The van der Waals surface area contributed by atoms with Crippen LogP contribution in [0.5, 0.6) is 0 Å². The number of hydrogen-bond acceptors (Lipinski definition) is 4. The van der Waals surface area contributed by atoms with Gasteiger partial charge in [-0.3, -0.25) is 4.79 Å². The lowest BCUT2D eigenvalue weighted by molar-refractivity contribution is 0.104. The minimum absolute atomic E-state index is 0.101. The molecule has 4 heteroatoms. The Balaban J connectivity index is 1.90. The largest absolute Gasteiger partial charge is 0.377 e. The lowest BCUT2D eigenvalue weighted by Gasteiger charge is -2.41. The lowest BCUT2D eigenvalue weighted by atomic mass is 9.62. The van der Waals surface area contributed by atoms with Gasteiger partial charge in [0, 0.05) is 75.7 Å². The normalized spacial score (nSPS) is 18.8. The number of anilines is 3. The number of aryl methyl sites for hydroxylation is 1. The Kier molecular flexibility index (Phi) is 4.59. The monoisotopic (exact) mass is 425 g/mol. The second-order valence-electron chi connectivity index (χ2n) is 9.68. The third kappa shape index (κ3) is 2.72. The van der Waals surface area contributed by atoms with Gasteiger partial charge in [0.05, 0.1) is 0 Å². The standard InChI is InChI=1S/C28H31N3O/c1-29(2)21-9-7-8-19-26(21)24(32)15-17-28(19)16-14-18-10-12-22(30(3)4)27-23(31(5)6)13-11-20(28)25(18)27/h7-13,15,17H,14,16H2,1-6H3/t28-/m1/s1. The van der Waals surface area contributed by atoms with E-state index in [4.69, 9.17) is 0 Å². The molecule has 0 bridgehead atoms. The Morgan fingerprint density at radius 2 is 1.38 bits per heavy atom. The fourth-order valence-electron chi connectivity index (χ4n) is 5.71. The molecular weight excluding hydrogens is 394 g/mol. The second kappa shape index (κ2) is 7.13. The molecule has 1 atom stereocenters. The third-order valence-corrected chi connectivity index (χ3v) is 7.21. The van der Waals surface area contributed by atoms with Crippen molar-refractivity contribution in [2.75, 3.05) is 57.0 Å². The molecule has 32 heavy (non-hydrogen) atoms. The summed E-state index contributed by atoms with van der Waals surface area (Å²) in [6.07, 6.45) is 5.93. The van der Waals surface area contributed by atoms with E-state index in [2.05, 4.69) is 91.4 Å². The molecule has 0 aromatic heterocycles. The summed E-state index contributed by atoms with van der Waals surface area (Å²) in [6, 6.07) is 15.4. The van der Waals surface area contributed by atoms with Crippen LogP contribution in [-0.4, -0.2) is 48.1 Å². The first-order valence-corrected chi connectivity index (χ1v) is 11.2. The summed E-state index contributed by atoms with van der Waals surface area (Å²) in [5.74, 6) is 0.101. The van der Waals surface area contributed by atoms with E-state index in [0.717, 1.165) is 29.7 Å². The third-order valence-electron chi connectivity index (χ3n) is 7.21. The minimum Gasteiger partial charge on any atom is -0.377 e. The molecule has 4 nitrogen and oxygen atoms in total. The van der Waals surface area contributed by atoms with Crippen molar-refractivity contribution in [3.63, 3.8) is 0 Å². The van der Waals surface area contributed by atoms with E-state index in [1.54, 1.807) is 0 Å². The van der Waals surface area contributed by atoms with E-state index in [1.807, 2.05) is 20.2 Å². The van der Waals surface area contributed by atoms with Gasteiger partial charge in [0.2, 0.25) is 0 Å². The summed E-state index contributed by atoms with van der Waals surface area (Å²) < 4.78 is 0. The Bertz CT molecular complexity index is 1270. The van der Waals surface area contributed by atoms with Crippen molar-refractivity contribution < 1.29 is 4.79 Å². The molecule has 0 saturated heterocycles. The number of rotatable bonds is 3. The molecular formula is C28H31N3O. The average Bonchev–Trinajstić information content (AvgIpc) is 2.77. The van der Waals surface area contributed by atoms with Crippen molar-refractivity contribution >= 4 is 33.6 Å². The van der Waals surface area contributed by atoms with Gasteiger partial charge in [-0.2, -0.15) is 0 Å². The highest BCUT2D eigenvalue weighted by atomic mass is 16.1. The quantitative estimate of drug-likeness (QED) is 0.589. The first kappa shape index (κ1) is 20.6. The van der Waals surface area contributed by atoms with Crippen molar-refractivity contribution in [3.8, 4) is 0 Å². The highest BCUT2D eigenvalue weighted by Crippen LogP contribution is 2.52. The van der Waals surface area contributed by atoms with Crippen LogP contribution >= 0.6 is 0 Å². The maximum absolute atomic E-state index is 13.1. The number of allylic oxidation sites excluding steroid dienone is 2. The molecule has 0 N–H and O–H groups in total. The predicted molar refractivity (Wildman–Crippen MR) is 136 cm³/mol. The number of benzene rings is 3. The number of carbonyl (C=O) groups is 1. The van der Waals surface area contributed by atoms with Crippen molar-refractivity contribution in [1.82, 2.24) is 0 Å². The lowest BCUT2D eigenvalue weighted by Crippen LogP contribution is -2.35. The van der Waals surface area contributed by atoms with Crippen LogP contribution in [0.15, 0.2) is 54.6 Å². The zero-order valence-corrected chi connectivity index (χ0v) is 19.9. The highest BCUT2D eigenvalue weighted by molar-refractivity contribution is 6.13. The van der Waals surface area contributed by atoms with E-state index in [-0.39, 0.29) is 11.2 Å². The van der Waals surface area contributed by atoms with Crippen LogP contribution in [0.1, 0.15) is 33.5 Å². The molecule has 1 spiro atoms. The number of carbonyl (C=O) groups excluding carboxylic acids is 1. The molecule has 0 heterocycles. The van der Waals surface area contributed by atoms with Crippen molar-refractivity contribution in [2.45, 2.75) is 18.3 Å². The van der Waals surface area contributed by atoms with Crippen LogP contribution < -0.4 is 14.7 Å². The van der Waals surface area contributed by atoms with Crippen molar-refractivity contribution in [2.24, 2.45) is 0 Å². The molecule has 3 aromatic carbocycles. The van der Waals surface area contributed by atoms with Gasteiger partial charge in [-0.1, -0.05) is 30.3 Å². The van der Waals surface area contributed by atoms with Gasteiger partial charge < -0.3 is 14.7 Å². The molecule has 0 amide bonds. The predicted octanol–water partition coefficient (Wildman–Crippen LogP) is 5.02. The van der Waals surface area contributed by atoms with Gasteiger partial charge in [-0.15, -0.1) is 0 Å². The number of nitrogens with zero attached hydrogens (tertiary/aromatic N) is 3. The van der Waals surface area contributed by atoms with Crippen LogP contribution in [0, 0.1) is 0 Å². The molecule has 2 aliphatic carbocycles. The van der Waals surface area contributed by atoms with Crippen LogP contribution in [0.4, 0.5) is 17.1 Å².